The highest BCUT2D eigenvalue weighted by Crippen LogP contribution is 2.20. The summed E-state index contributed by atoms with van der Waals surface area (Å²) in [5.41, 5.74) is 2.49. The van der Waals surface area contributed by atoms with Crippen LogP contribution >= 0.6 is 0 Å². The fourth-order valence-corrected chi connectivity index (χ4v) is 2.26. The van der Waals surface area contributed by atoms with E-state index in [1.807, 2.05) is 63.3 Å². The lowest BCUT2D eigenvalue weighted by Crippen LogP contribution is -2.55. The normalized spacial score (nSPS) is 15.6. The molecule has 1 aromatic carbocycles. The number of carbonyl (C=O) groups excluding carboxylic acids is 2. The Labute approximate surface area is 147 Å². The molecule has 7 heteroatoms. The van der Waals surface area contributed by atoms with Gasteiger partial charge in [0, 0.05) is 0 Å². The highest BCUT2D eigenvalue weighted by atomic mass is 16.7. The van der Waals surface area contributed by atoms with Gasteiger partial charge in [-0.3, -0.25) is 0 Å². The fraction of sp³-hybridized carbons (Fsp3) is 0.444. The lowest BCUT2D eigenvalue weighted by molar-refractivity contribution is -0.864. The van der Waals surface area contributed by atoms with Crippen LogP contribution in [0.5, 0.6) is 0 Å². The number of quaternary nitrogens is 1. The Morgan fingerprint density at radius 2 is 1.76 bits per heavy atom. The number of amides is 2. The molecule has 2 amide bonds. The van der Waals surface area contributed by atoms with Crippen LogP contribution in [-0.2, 0) is 20.9 Å². The lowest BCUT2D eigenvalue weighted by atomic mass is 10.2. The van der Waals surface area contributed by atoms with Gasteiger partial charge in [0.15, 0.2) is 0 Å². The van der Waals surface area contributed by atoms with Crippen LogP contribution in [0.1, 0.15) is 26.3 Å². The predicted molar refractivity (Wildman–Crippen MR) is 91.1 cm³/mol. The summed E-state index contributed by atoms with van der Waals surface area (Å²) < 4.78 is 10.5. The Bertz CT molecular complexity index is 614. The molecule has 136 valence electrons. The molecule has 0 bridgehead atoms. The van der Waals surface area contributed by atoms with Crippen LogP contribution in [0.25, 0.3) is 0 Å². The standard InChI is InChI=1S/C18H24N2O5/c1-18(2,3)25-17(22)20(11-7-8-12-20)14-24-19-16(21)23-13-15-9-5-4-6-10-15/h4-10H,11-14H2,1-3H3/p+1. The first-order valence-electron chi connectivity index (χ1n) is 8.14. The van der Waals surface area contributed by atoms with Crippen LogP contribution < -0.4 is 5.48 Å². The number of rotatable bonds is 5. The van der Waals surface area contributed by atoms with Crippen LogP contribution in [0.4, 0.5) is 9.59 Å². The molecule has 25 heavy (non-hydrogen) atoms. The van der Waals surface area contributed by atoms with Crippen molar-refractivity contribution in [2.45, 2.75) is 33.0 Å². The zero-order valence-electron chi connectivity index (χ0n) is 14.9. The molecular weight excluding hydrogens is 324 g/mol. The number of nitrogens with one attached hydrogen (secondary N) is 1. The second-order valence-corrected chi connectivity index (χ2v) is 6.90. The van der Waals surface area contributed by atoms with E-state index in [4.69, 9.17) is 14.3 Å². The number of hydrogen-bond acceptors (Lipinski definition) is 5. The average molecular weight is 349 g/mol. The Balaban J connectivity index is 1.79. The van der Waals surface area contributed by atoms with Crippen molar-refractivity contribution in [3.63, 3.8) is 0 Å². The summed E-state index contributed by atoms with van der Waals surface area (Å²) in [6.07, 6.45) is 2.68. The molecule has 0 saturated carbocycles. The van der Waals surface area contributed by atoms with Crippen molar-refractivity contribution in [2.75, 3.05) is 19.8 Å². The quantitative estimate of drug-likeness (QED) is 0.502. The molecule has 0 aromatic heterocycles. The molecule has 1 aliphatic rings. The largest absolute Gasteiger partial charge is 0.519 e. The van der Waals surface area contributed by atoms with Gasteiger partial charge in [0.25, 0.3) is 0 Å². The first-order valence-corrected chi connectivity index (χ1v) is 8.14. The van der Waals surface area contributed by atoms with Crippen molar-refractivity contribution < 1.29 is 28.4 Å². The van der Waals surface area contributed by atoms with Crippen molar-refractivity contribution >= 4 is 12.2 Å². The monoisotopic (exact) mass is 349 g/mol. The molecule has 1 aromatic rings. The van der Waals surface area contributed by atoms with Gasteiger partial charge in [0.2, 0.25) is 6.73 Å². The minimum atomic E-state index is -0.710. The molecule has 1 N–H and O–H groups in total. The molecule has 0 radical (unpaired) electrons. The molecule has 0 fully saturated rings. The third-order valence-electron chi connectivity index (χ3n) is 3.54. The minimum Gasteiger partial charge on any atom is -0.443 e. The smallest absolute Gasteiger partial charge is 0.443 e. The molecule has 1 heterocycles. The zero-order chi connectivity index (χ0) is 18.3. The Morgan fingerprint density at radius 3 is 2.36 bits per heavy atom. The summed E-state index contributed by atoms with van der Waals surface area (Å²) >= 11 is 0. The second kappa shape index (κ2) is 8.13. The highest BCUT2D eigenvalue weighted by molar-refractivity contribution is 5.65. The maximum absolute atomic E-state index is 12.5. The van der Waals surface area contributed by atoms with Crippen LogP contribution in [0.2, 0.25) is 0 Å². The molecule has 7 nitrogen and oxygen atoms in total. The van der Waals surface area contributed by atoms with Crippen LogP contribution in [0.15, 0.2) is 42.5 Å². The van der Waals surface area contributed by atoms with E-state index in [0.29, 0.717) is 13.1 Å². The van der Waals surface area contributed by atoms with Gasteiger partial charge in [0.05, 0.1) is 0 Å². The van der Waals surface area contributed by atoms with Gasteiger partial charge < -0.3 is 9.47 Å². The van der Waals surface area contributed by atoms with Crippen molar-refractivity contribution in [3.05, 3.63) is 48.0 Å². The SMILES string of the molecule is CC(C)(C)OC(=O)[N+]1(CONC(=O)OCc2ccccc2)CC=CC1. The number of hydroxylamine groups is 1. The van der Waals surface area contributed by atoms with Gasteiger partial charge in [-0.2, -0.15) is 14.8 Å². The maximum atomic E-state index is 12.5. The summed E-state index contributed by atoms with van der Waals surface area (Å²) in [5, 5.41) is 0. The highest BCUT2D eigenvalue weighted by Gasteiger charge is 2.42. The summed E-state index contributed by atoms with van der Waals surface area (Å²) in [7, 11) is 0. The van der Waals surface area contributed by atoms with E-state index in [9.17, 15) is 9.59 Å². The van der Waals surface area contributed by atoms with Gasteiger partial charge in [-0.15, -0.1) is 0 Å². The van der Waals surface area contributed by atoms with E-state index in [1.54, 1.807) is 0 Å². The topological polar surface area (TPSA) is 73.9 Å². The van der Waals surface area contributed by atoms with E-state index < -0.39 is 17.8 Å². The third-order valence-corrected chi connectivity index (χ3v) is 3.54. The molecule has 0 spiro atoms. The van der Waals surface area contributed by atoms with Crippen LogP contribution in [0.3, 0.4) is 0 Å². The van der Waals surface area contributed by atoms with E-state index in [0.717, 1.165) is 5.56 Å². The van der Waals surface area contributed by atoms with Crippen LogP contribution in [0, 0.1) is 0 Å². The lowest BCUT2D eigenvalue weighted by Gasteiger charge is -2.31. The van der Waals surface area contributed by atoms with Crippen LogP contribution in [-0.4, -0.2) is 42.1 Å². The summed E-state index contributed by atoms with van der Waals surface area (Å²) in [5.74, 6) is 0. The van der Waals surface area contributed by atoms with Crippen molar-refractivity contribution in [2.24, 2.45) is 0 Å². The van der Waals surface area contributed by atoms with Gasteiger partial charge in [-0.05, 0) is 38.5 Å². The first kappa shape index (κ1) is 19.0. The molecule has 0 aliphatic carbocycles. The van der Waals surface area contributed by atoms with Gasteiger partial charge in [-0.25, -0.2) is 9.63 Å². The van der Waals surface area contributed by atoms with E-state index in [-0.39, 0.29) is 17.8 Å². The summed E-state index contributed by atoms with van der Waals surface area (Å²) in [6.45, 7) is 6.44. The molecule has 0 unspecified atom stereocenters. The minimum absolute atomic E-state index is 0.0393. The van der Waals surface area contributed by atoms with Gasteiger partial charge >= 0.3 is 12.2 Å². The number of nitrogens with zero attached hydrogens (tertiary/aromatic N) is 1. The summed E-state index contributed by atoms with van der Waals surface area (Å²) in [4.78, 5) is 29.4. The Morgan fingerprint density at radius 1 is 1.12 bits per heavy atom. The Kier molecular flexibility index (Phi) is 6.17. The van der Waals surface area contributed by atoms with E-state index in [1.165, 1.54) is 0 Å². The fourth-order valence-electron chi connectivity index (χ4n) is 2.26. The molecule has 0 saturated heterocycles. The molecule has 0 atom stereocenters. The number of hydrogen-bond donors (Lipinski definition) is 1. The maximum Gasteiger partial charge on any atom is 0.519 e. The Hall–Kier alpha value is -2.38. The number of benzene rings is 1. The van der Waals surface area contributed by atoms with E-state index >= 15 is 0 Å². The molecule has 1 aliphatic heterocycles. The van der Waals surface area contributed by atoms with Crippen molar-refractivity contribution in [3.8, 4) is 0 Å². The number of carbonyl (C=O) groups is 2. The third kappa shape index (κ3) is 5.88. The van der Waals surface area contributed by atoms with Gasteiger partial charge in [0.1, 0.15) is 25.3 Å². The molecular formula is C18H25N2O5+. The average Bonchev–Trinajstić information content (AvgIpc) is 3.02. The van der Waals surface area contributed by atoms with Crippen molar-refractivity contribution in [1.29, 1.82) is 0 Å². The first-order chi connectivity index (χ1) is 11.8. The predicted octanol–water partition coefficient (Wildman–Crippen LogP) is 3.12. The van der Waals surface area contributed by atoms with Gasteiger partial charge in [-0.1, -0.05) is 30.3 Å². The molecule has 2 rings (SSSR count). The van der Waals surface area contributed by atoms with Crippen molar-refractivity contribution in [1.82, 2.24) is 5.48 Å². The summed E-state index contributed by atoms with van der Waals surface area (Å²) in [6, 6.07) is 9.32. The number of ether oxygens (including phenoxy) is 2. The second-order valence-electron chi connectivity index (χ2n) is 6.90. The van der Waals surface area contributed by atoms with E-state index in [2.05, 4.69) is 5.48 Å². The zero-order valence-corrected chi connectivity index (χ0v) is 14.9.